The molecule has 2 aromatic rings. The van der Waals surface area contributed by atoms with E-state index in [9.17, 15) is 9.59 Å². The Bertz CT molecular complexity index is 777. The Balaban J connectivity index is 0.00000280. The number of halogens is 1. The van der Waals surface area contributed by atoms with E-state index in [1.165, 1.54) is 0 Å². The molecule has 7 heteroatoms. The van der Waals surface area contributed by atoms with Gasteiger partial charge in [-0.15, -0.1) is 12.4 Å². The lowest BCUT2D eigenvalue weighted by Gasteiger charge is -2.20. The molecule has 1 aliphatic rings. The van der Waals surface area contributed by atoms with E-state index in [0.717, 1.165) is 18.4 Å². The minimum atomic E-state index is -0.383. The zero-order valence-electron chi connectivity index (χ0n) is 15.8. The molecule has 3 unspecified atom stereocenters. The molecular formula is C21H26ClN3O3. The van der Waals surface area contributed by atoms with Crippen LogP contribution in [0.1, 0.15) is 31.4 Å². The maximum Gasteiger partial charge on any atom is 0.253 e. The predicted octanol–water partition coefficient (Wildman–Crippen LogP) is 3.50. The van der Waals surface area contributed by atoms with Crippen molar-refractivity contribution >= 4 is 35.6 Å². The van der Waals surface area contributed by atoms with Gasteiger partial charge in [-0.25, -0.2) is 0 Å². The Labute approximate surface area is 171 Å². The van der Waals surface area contributed by atoms with Crippen LogP contribution in [0.5, 0.6) is 0 Å². The molecule has 0 spiro atoms. The quantitative estimate of drug-likeness (QED) is 0.688. The molecule has 6 nitrogen and oxygen atoms in total. The van der Waals surface area contributed by atoms with Crippen LogP contribution < -0.4 is 16.4 Å². The number of benzene rings is 2. The van der Waals surface area contributed by atoms with Crippen molar-refractivity contribution in [1.29, 1.82) is 0 Å². The van der Waals surface area contributed by atoms with Gasteiger partial charge in [-0.1, -0.05) is 37.3 Å². The largest absolute Gasteiger partial charge is 0.368 e. The first-order valence-electron chi connectivity index (χ1n) is 9.18. The summed E-state index contributed by atoms with van der Waals surface area (Å²) >= 11 is 0. The van der Waals surface area contributed by atoms with Crippen LogP contribution in [-0.2, 0) is 14.3 Å². The van der Waals surface area contributed by atoms with Crippen LogP contribution in [0.3, 0.4) is 0 Å². The van der Waals surface area contributed by atoms with Crippen molar-refractivity contribution in [2.24, 2.45) is 11.7 Å². The number of hydrogen-bond acceptors (Lipinski definition) is 4. The number of ether oxygens (including phenoxy) is 1. The lowest BCUT2D eigenvalue weighted by atomic mass is 9.94. The summed E-state index contributed by atoms with van der Waals surface area (Å²) in [7, 11) is 0. The van der Waals surface area contributed by atoms with Gasteiger partial charge in [0.25, 0.3) is 5.91 Å². The molecule has 2 amide bonds. The highest BCUT2D eigenvalue weighted by Gasteiger charge is 2.24. The van der Waals surface area contributed by atoms with E-state index in [4.69, 9.17) is 10.5 Å². The van der Waals surface area contributed by atoms with Gasteiger partial charge >= 0.3 is 0 Å². The average Bonchev–Trinajstić information content (AvgIpc) is 3.24. The van der Waals surface area contributed by atoms with Crippen molar-refractivity contribution in [3.63, 3.8) is 0 Å². The zero-order chi connectivity index (χ0) is 19.2. The van der Waals surface area contributed by atoms with Crippen molar-refractivity contribution < 1.29 is 14.3 Å². The molecule has 1 heterocycles. The van der Waals surface area contributed by atoms with E-state index in [1.807, 2.05) is 37.3 Å². The standard InChI is InChI=1S/C21H25N3O3.ClH/c1-14(19(22)15-6-3-2-4-7-15)20(25)23-16-9-11-17(12-10-16)24-21(26)18-8-5-13-27-18;/h2-4,6-7,9-12,14,18-19H,5,8,13,22H2,1H3,(H,23,25)(H,24,26);1H. The van der Waals surface area contributed by atoms with Crippen LogP contribution in [0.4, 0.5) is 11.4 Å². The molecule has 0 aliphatic carbocycles. The Morgan fingerprint density at radius 3 is 2.21 bits per heavy atom. The molecule has 3 rings (SSSR count). The fourth-order valence-electron chi connectivity index (χ4n) is 3.03. The van der Waals surface area contributed by atoms with E-state index in [0.29, 0.717) is 18.0 Å². The van der Waals surface area contributed by atoms with Crippen molar-refractivity contribution in [3.8, 4) is 0 Å². The van der Waals surface area contributed by atoms with E-state index in [1.54, 1.807) is 24.3 Å². The summed E-state index contributed by atoms with van der Waals surface area (Å²) in [6, 6.07) is 16.2. The Kier molecular flexibility index (Phi) is 7.99. The van der Waals surface area contributed by atoms with E-state index in [-0.39, 0.29) is 42.3 Å². The van der Waals surface area contributed by atoms with Gasteiger partial charge in [-0.05, 0) is 42.7 Å². The van der Waals surface area contributed by atoms with E-state index >= 15 is 0 Å². The molecule has 0 bridgehead atoms. The number of hydrogen-bond donors (Lipinski definition) is 3. The molecule has 4 N–H and O–H groups in total. The van der Waals surface area contributed by atoms with Crippen LogP contribution in [0.25, 0.3) is 0 Å². The molecule has 0 radical (unpaired) electrons. The summed E-state index contributed by atoms with van der Waals surface area (Å²) in [6.45, 7) is 2.44. The number of nitrogens with two attached hydrogens (primary N) is 1. The SMILES string of the molecule is CC(C(=O)Nc1ccc(NC(=O)C2CCCO2)cc1)C(N)c1ccccc1.Cl. The van der Waals surface area contributed by atoms with Crippen LogP contribution in [0, 0.1) is 5.92 Å². The number of rotatable bonds is 6. The van der Waals surface area contributed by atoms with Crippen molar-refractivity contribution in [1.82, 2.24) is 0 Å². The number of anilines is 2. The molecule has 2 aromatic carbocycles. The molecule has 0 saturated carbocycles. The Hall–Kier alpha value is -2.41. The highest BCUT2D eigenvalue weighted by molar-refractivity contribution is 5.95. The third kappa shape index (κ3) is 5.55. The molecule has 1 saturated heterocycles. The summed E-state index contributed by atoms with van der Waals surface area (Å²) in [4.78, 5) is 24.5. The first-order valence-corrected chi connectivity index (χ1v) is 9.18. The maximum absolute atomic E-state index is 12.5. The lowest BCUT2D eigenvalue weighted by Crippen LogP contribution is -2.30. The summed E-state index contributed by atoms with van der Waals surface area (Å²) in [5, 5.41) is 5.70. The van der Waals surface area contributed by atoms with Crippen molar-refractivity contribution in [2.75, 3.05) is 17.2 Å². The second-order valence-electron chi connectivity index (χ2n) is 6.78. The van der Waals surface area contributed by atoms with Gasteiger partial charge in [0.2, 0.25) is 5.91 Å². The molecule has 1 fully saturated rings. The van der Waals surface area contributed by atoms with Gasteiger partial charge in [-0.3, -0.25) is 9.59 Å². The summed E-state index contributed by atoms with van der Waals surface area (Å²) in [5.74, 6) is -0.666. The fraction of sp³-hybridized carbons (Fsp3) is 0.333. The second kappa shape index (κ2) is 10.2. The average molecular weight is 404 g/mol. The highest BCUT2D eigenvalue weighted by atomic mass is 35.5. The normalized spacial score (nSPS) is 17.9. The molecular weight excluding hydrogens is 378 g/mol. The number of nitrogens with one attached hydrogen (secondary N) is 2. The topological polar surface area (TPSA) is 93.5 Å². The maximum atomic E-state index is 12.5. The number of carbonyl (C=O) groups excluding carboxylic acids is 2. The second-order valence-corrected chi connectivity index (χ2v) is 6.78. The Morgan fingerprint density at radius 2 is 1.64 bits per heavy atom. The summed E-state index contributed by atoms with van der Waals surface area (Å²) in [5.41, 5.74) is 8.46. The van der Waals surface area contributed by atoms with Gasteiger partial charge in [0.15, 0.2) is 0 Å². The van der Waals surface area contributed by atoms with Gasteiger partial charge in [0, 0.05) is 24.0 Å². The van der Waals surface area contributed by atoms with Crippen molar-refractivity contribution in [2.45, 2.75) is 31.9 Å². The van der Waals surface area contributed by atoms with Gasteiger partial charge in [0.1, 0.15) is 6.10 Å². The fourth-order valence-corrected chi connectivity index (χ4v) is 3.03. The smallest absolute Gasteiger partial charge is 0.253 e. The number of carbonyl (C=O) groups is 2. The molecule has 1 aliphatic heterocycles. The minimum absolute atomic E-state index is 0. The van der Waals surface area contributed by atoms with Gasteiger partial charge in [0.05, 0.1) is 5.92 Å². The minimum Gasteiger partial charge on any atom is -0.368 e. The van der Waals surface area contributed by atoms with Gasteiger partial charge < -0.3 is 21.1 Å². The molecule has 0 aromatic heterocycles. The number of amides is 2. The third-order valence-corrected chi connectivity index (χ3v) is 4.78. The van der Waals surface area contributed by atoms with E-state index < -0.39 is 0 Å². The zero-order valence-corrected chi connectivity index (χ0v) is 16.6. The summed E-state index contributed by atoms with van der Waals surface area (Å²) < 4.78 is 5.37. The lowest BCUT2D eigenvalue weighted by molar-refractivity contribution is -0.124. The van der Waals surface area contributed by atoms with Crippen LogP contribution >= 0.6 is 12.4 Å². The van der Waals surface area contributed by atoms with Crippen molar-refractivity contribution in [3.05, 3.63) is 60.2 Å². The first kappa shape index (κ1) is 21.9. The van der Waals surface area contributed by atoms with E-state index in [2.05, 4.69) is 10.6 Å². The molecule has 3 atom stereocenters. The first-order chi connectivity index (χ1) is 13.0. The highest BCUT2D eigenvalue weighted by Crippen LogP contribution is 2.22. The molecule has 28 heavy (non-hydrogen) atoms. The summed E-state index contributed by atoms with van der Waals surface area (Å²) in [6.07, 6.45) is 1.29. The van der Waals surface area contributed by atoms with Gasteiger partial charge in [-0.2, -0.15) is 0 Å². The Morgan fingerprint density at radius 1 is 1.04 bits per heavy atom. The van der Waals surface area contributed by atoms with Crippen LogP contribution in [0.15, 0.2) is 54.6 Å². The monoisotopic (exact) mass is 403 g/mol. The van der Waals surface area contributed by atoms with Crippen LogP contribution in [-0.4, -0.2) is 24.5 Å². The third-order valence-electron chi connectivity index (χ3n) is 4.78. The predicted molar refractivity (Wildman–Crippen MR) is 112 cm³/mol. The van der Waals surface area contributed by atoms with Crippen LogP contribution in [0.2, 0.25) is 0 Å². The molecule has 150 valence electrons.